The summed E-state index contributed by atoms with van der Waals surface area (Å²) in [6.07, 6.45) is 0.727. The van der Waals surface area contributed by atoms with E-state index in [9.17, 15) is 0 Å². The SMILES string of the molecule is CC(C)(CCOc1cccc(Cl)c1Cl)C(N)=S. The molecule has 2 N–H and O–H groups in total. The van der Waals surface area contributed by atoms with Crippen molar-refractivity contribution >= 4 is 40.4 Å². The van der Waals surface area contributed by atoms with Gasteiger partial charge in [-0.15, -0.1) is 0 Å². The fraction of sp³-hybridized carbons (Fsp3) is 0.417. The van der Waals surface area contributed by atoms with Crippen LogP contribution in [0.3, 0.4) is 0 Å². The van der Waals surface area contributed by atoms with Crippen LogP contribution in [0.2, 0.25) is 10.0 Å². The molecule has 1 aromatic rings. The summed E-state index contributed by atoms with van der Waals surface area (Å²) in [7, 11) is 0. The Hall–Kier alpha value is -0.510. The highest BCUT2D eigenvalue weighted by Crippen LogP contribution is 2.32. The third-order valence-corrected chi connectivity index (χ3v) is 3.92. The third kappa shape index (κ3) is 4.02. The fourth-order valence-electron chi connectivity index (χ4n) is 1.13. The lowest BCUT2D eigenvalue weighted by Gasteiger charge is -2.23. The van der Waals surface area contributed by atoms with E-state index >= 15 is 0 Å². The van der Waals surface area contributed by atoms with Gasteiger partial charge in [-0.25, -0.2) is 0 Å². The first kappa shape index (κ1) is 14.6. The summed E-state index contributed by atoms with van der Waals surface area (Å²) in [6.45, 7) is 4.46. The molecule has 0 fully saturated rings. The molecule has 0 saturated carbocycles. The summed E-state index contributed by atoms with van der Waals surface area (Å²) < 4.78 is 5.57. The summed E-state index contributed by atoms with van der Waals surface area (Å²) in [6, 6.07) is 5.29. The van der Waals surface area contributed by atoms with Crippen molar-refractivity contribution in [2.75, 3.05) is 6.61 Å². The molecular formula is C12H15Cl2NOS. The molecule has 0 bridgehead atoms. The van der Waals surface area contributed by atoms with Crippen LogP contribution in [-0.4, -0.2) is 11.6 Å². The maximum Gasteiger partial charge on any atom is 0.139 e. The highest BCUT2D eigenvalue weighted by Gasteiger charge is 2.21. The van der Waals surface area contributed by atoms with E-state index < -0.39 is 0 Å². The van der Waals surface area contributed by atoms with E-state index in [2.05, 4.69) is 0 Å². The molecule has 1 aromatic carbocycles. The van der Waals surface area contributed by atoms with Crippen molar-refractivity contribution in [2.24, 2.45) is 11.1 Å². The van der Waals surface area contributed by atoms with Gasteiger partial charge in [0.25, 0.3) is 0 Å². The number of hydrogen-bond donors (Lipinski definition) is 1. The van der Waals surface area contributed by atoms with Crippen LogP contribution >= 0.6 is 35.4 Å². The molecule has 0 aliphatic heterocycles. The molecular weight excluding hydrogens is 277 g/mol. The summed E-state index contributed by atoms with van der Waals surface area (Å²) in [5, 5.41) is 0.917. The molecule has 0 saturated heterocycles. The summed E-state index contributed by atoms with van der Waals surface area (Å²) in [4.78, 5) is 0.485. The van der Waals surface area contributed by atoms with Crippen LogP contribution in [0.5, 0.6) is 5.75 Å². The highest BCUT2D eigenvalue weighted by molar-refractivity contribution is 7.80. The number of benzene rings is 1. The van der Waals surface area contributed by atoms with E-state index in [1.54, 1.807) is 18.2 Å². The monoisotopic (exact) mass is 291 g/mol. The minimum Gasteiger partial charge on any atom is -0.492 e. The molecule has 0 atom stereocenters. The van der Waals surface area contributed by atoms with Gasteiger partial charge in [0.1, 0.15) is 10.8 Å². The van der Waals surface area contributed by atoms with Gasteiger partial charge in [0.15, 0.2) is 0 Å². The average molecular weight is 292 g/mol. The Morgan fingerprint density at radius 1 is 1.41 bits per heavy atom. The standard InChI is InChI=1S/C12H15Cl2NOS/c1-12(2,11(15)17)6-7-16-9-5-3-4-8(13)10(9)14/h3-5H,6-7H2,1-2H3,(H2,15,17). The van der Waals surface area contributed by atoms with Crippen LogP contribution in [0.25, 0.3) is 0 Å². The number of rotatable bonds is 5. The second-order valence-corrected chi connectivity index (χ2v) is 5.62. The Labute approximate surface area is 117 Å². The first-order valence-electron chi connectivity index (χ1n) is 5.21. The number of ether oxygens (including phenoxy) is 1. The Kier molecular flexibility index (Phi) is 5.04. The largest absolute Gasteiger partial charge is 0.492 e. The zero-order chi connectivity index (χ0) is 13.1. The van der Waals surface area contributed by atoms with Crippen molar-refractivity contribution in [3.05, 3.63) is 28.2 Å². The van der Waals surface area contributed by atoms with Crippen LogP contribution in [0.4, 0.5) is 0 Å². The molecule has 0 unspecified atom stereocenters. The summed E-state index contributed by atoms with van der Waals surface area (Å²) in [5.41, 5.74) is 5.41. The molecule has 94 valence electrons. The molecule has 0 aromatic heterocycles. The molecule has 0 aliphatic rings. The maximum absolute atomic E-state index is 6.00. The number of hydrogen-bond acceptors (Lipinski definition) is 2. The lowest BCUT2D eigenvalue weighted by Crippen LogP contribution is -2.31. The van der Waals surface area contributed by atoms with Gasteiger partial charge in [-0.05, 0) is 18.6 Å². The van der Waals surface area contributed by atoms with Crippen LogP contribution < -0.4 is 10.5 Å². The van der Waals surface area contributed by atoms with Crippen molar-refractivity contribution in [3.63, 3.8) is 0 Å². The van der Waals surface area contributed by atoms with Crippen LogP contribution in [0, 0.1) is 5.41 Å². The first-order valence-corrected chi connectivity index (χ1v) is 6.38. The second kappa shape index (κ2) is 5.89. The predicted molar refractivity (Wildman–Crippen MR) is 77.1 cm³/mol. The van der Waals surface area contributed by atoms with Crippen molar-refractivity contribution < 1.29 is 4.74 Å². The van der Waals surface area contributed by atoms with Gasteiger partial charge < -0.3 is 10.5 Å². The van der Waals surface area contributed by atoms with Crippen LogP contribution in [0.1, 0.15) is 20.3 Å². The van der Waals surface area contributed by atoms with Crippen LogP contribution in [0.15, 0.2) is 18.2 Å². The van der Waals surface area contributed by atoms with E-state index in [1.165, 1.54) is 0 Å². The Bertz CT molecular complexity index is 421. The van der Waals surface area contributed by atoms with Gasteiger partial charge in [-0.1, -0.05) is 55.3 Å². The molecule has 0 spiro atoms. The Morgan fingerprint density at radius 3 is 2.65 bits per heavy atom. The van der Waals surface area contributed by atoms with Gasteiger partial charge >= 0.3 is 0 Å². The van der Waals surface area contributed by atoms with Crippen LogP contribution in [-0.2, 0) is 0 Å². The lowest BCUT2D eigenvalue weighted by atomic mass is 9.90. The van der Waals surface area contributed by atoms with Crippen molar-refractivity contribution in [2.45, 2.75) is 20.3 Å². The van der Waals surface area contributed by atoms with Gasteiger partial charge in [0, 0.05) is 5.41 Å². The van der Waals surface area contributed by atoms with Gasteiger partial charge in [0.2, 0.25) is 0 Å². The topological polar surface area (TPSA) is 35.2 Å². The maximum atomic E-state index is 6.00. The lowest BCUT2D eigenvalue weighted by molar-refractivity contribution is 0.270. The van der Waals surface area contributed by atoms with Crippen molar-refractivity contribution in [3.8, 4) is 5.75 Å². The first-order chi connectivity index (χ1) is 7.84. The Balaban J connectivity index is 2.58. The number of thiocarbonyl (C=S) groups is 1. The number of halogens is 2. The minimum absolute atomic E-state index is 0.222. The molecule has 17 heavy (non-hydrogen) atoms. The molecule has 0 radical (unpaired) electrons. The minimum atomic E-state index is -0.222. The zero-order valence-corrected chi connectivity index (χ0v) is 12.1. The molecule has 0 amide bonds. The van der Waals surface area contributed by atoms with Gasteiger partial charge in [-0.2, -0.15) is 0 Å². The quantitative estimate of drug-likeness (QED) is 0.831. The summed E-state index contributed by atoms with van der Waals surface area (Å²) in [5.74, 6) is 0.581. The molecule has 1 rings (SSSR count). The normalized spacial score (nSPS) is 11.3. The van der Waals surface area contributed by atoms with E-state index in [-0.39, 0.29) is 5.41 Å². The van der Waals surface area contributed by atoms with E-state index in [1.807, 2.05) is 13.8 Å². The molecule has 2 nitrogen and oxygen atoms in total. The Morgan fingerprint density at radius 2 is 2.06 bits per heavy atom. The molecule has 0 aliphatic carbocycles. The van der Waals surface area contributed by atoms with Gasteiger partial charge in [-0.3, -0.25) is 0 Å². The molecule has 0 heterocycles. The summed E-state index contributed by atoms with van der Waals surface area (Å²) >= 11 is 16.9. The predicted octanol–water partition coefficient (Wildman–Crippen LogP) is 4.07. The zero-order valence-electron chi connectivity index (χ0n) is 9.80. The van der Waals surface area contributed by atoms with Crippen molar-refractivity contribution in [1.82, 2.24) is 0 Å². The highest BCUT2D eigenvalue weighted by atomic mass is 35.5. The van der Waals surface area contributed by atoms with Gasteiger partial charge in [0.05, 0.1) is 16.6 Å². The van der Waals surface area contributed by atoms with E-state index in [0.717, 1.165) is 6.42 Å². The molecule has 5 heteroatoms. The fourth-order valence-corrected chi connectivity index (χ4v) is 1.58. The third-order valence-electron chi connectivity index (χ3n) is 2.57. The van der Waals surface area contributed by atoms with E-state index in [0.29, 0.717) is 27.4 Å². The smallest absolute Gasteiger partial charge is 0.139 e. The second-order valence-electron chi connectivity index (χ2n) is 4.40. The average Bonchev–Trinajstić information content (AvgIpc) is 2.24. The number of nitrogens with two attached hydrogens (primary N) is 1. The van der Waals surface area contributed by atoms with Crippen molar-refractivity contribution in [1.29, 1.82) is 0 Å². The van der Waals surface area contributed by atoms with E-state index in [4.69, 9.17) is 45.9 Å².